The molecule has 0 saturated carbocycles. The summed E-state index contributed by atoms with van der Waals surface area (Å²) in [4.78, 5) is 16.1. The summed E-state index contributed by atoms with van der Waals surface area (Å²) in [5.74, 6) is 1.30. The molecule has 0 spiro atoms. The van der Waals surface area contributed by atoms with Gasteiger partial charge in [-0.2, -0.15) is 8.42 Å². The fourth-order valence-corrected chi connectivity index (χ4v) is 4.92. The maximum Gasteiger partial charge on any atom is 0.346 e. The van der Waals surface area contributed by atoms with Crippen LogP contribution < -0.4 is 4.74 Å². The summed E-state index contributed by atoms with van der Waals surface area (Å²) in [6.45, 7) is 1.95. The van der Waals surface area contributed by atoms with E-state index >= 15 is 0 Å². The molecule has 0 aliphatic rings. The van der Waals surface area contributed by atoms with Crippen LogP contribution in [0.1, 0.15) is 24.0 Å². The van der Waals surface area contributed by atoms with E-state index in [1.54, 1.807) is 18.2 Å². The molecule has 1 atom stereocenters. The zero-order valence-corrected chi connectivity index (χ0v) is 15.9. The molecule has 7 nitrogen and oxygen atoms in total. The molecule has 26 heavy (non-hydrogen) atoms. The monoisotopic (exact) mass is 400 g/mol. The van der Waals surface area contributed by atoms with Crippen molar-refractivity contribution >= 4 is 17.7 Å². The molecule has 2 aromatic rings. The molecule has 0 radical (unpaired) electrons. The summed E-state index contributed by atoms with van der Waals surface area (Å²) < 4.78 is 48.3. The molecule has 0 amide bonds. The minimum Gasteiger partial charge on any atom is -0.457 e. The molecule has 0 aliphatic heterocycles. The first-order valence-electron chi connectivity index (χ1n) is 7.91. The summed E-state index contributed by atoms with van der Waals surface area (Å²) in [5.41, 5.74) is 1.89. The van der Waals surface area contributed by atoms with Gasteiger partial charge in [-0.3, -0.25) is 9.12 Å². The van der Waals surface area contributed by atoms with Gasteiger partial charge in [-0.05, 0) is 61.6 Å². The van der Waals surface area contributed by atoms with Crippen molar-refractivity contribution in [2.75, 3.05) is 0 Å². The molecule has 3 N–H and O–H groups in total. The second-order valence-electron chi connectivity index (χ2n) is 6.02. The Kier molecular flexibility index (Phi) is 6.60. The Hall–Kier alpha value is -1.70. The summed E-state index contributed by atoms with van der Waals surface area (Å²) in [6, 6.07) is 14.7. The van der Waals surface area contributed by atoms with Crippen LogP contribution in [0.15, 0.2) is 48.5 Å². The molecular weight excluding hydrogens is 379 g/mol. The lowest BCUT2D eigenvalue weighted by atomic mass is 10.1. The van der Waals surface area contributed by atoms with Gasteiger partial charge in [0, 0.05) is 0 Å². The topological polar surface area (TPSA) is 121 Å². The minimum absolute atomic E-state index is 0.184. The van der Waals surface area contributed by atoms with Crippen LogP contribution >= 0.6 is 7.60 Å². The summed E-state index contributed by atoms with van der Waals surface area (Å²) in [6.07, 6.45) is 0.229. The van der Waals surface area contributed by atoms with E-state index in [1.165, 1.54) is 0 Å². The molecule has 0 fully saturated rings. The van der Waals surface area contributed by atoms with Crippen molar-refractivity contribution < 1.29 is 32.1 Å². The molecule has 142 valence electrons. The van der Waals surface area contributed by atoms with E-state index in [4.69, 9.17) is 19.1 Å². The lowest BCUT2D eigenvalue weighted by Crippen LogP contribution is -2.20. The quantitative estimate of drug-likeness (QED) is 0.458. The lowest BCUT2D eigenvalue weighted by Gasteiger charge is -2.15. The predicted molar refractivity (Wildman–Crippen MR) is 98.0 cm³/mol. The van der Waals surface area contributed by atoms with Crippen LogP contribution in [-0.4, -0.2) is 27.7 Å². The van der Waals surface area contributed by atoms with Gasteiger partial charge in [0.05, 0.1) is 0 Å². The summed E-state index contributed by atoms with van der Waals surface area (Å²) in [7, 11) is -9.76. The Morgan fingerprint density at radius 2 is 1.69 bits per heavy atom. The normalized spacial score (nSPS) is 13.4. The van der Waals surface area contributed by atoms with E-state index in [9.17, 15) is 13.0 Å². The van der Waals surface area contributed by atoms with E-state index in [0.29, 0.717) is 17.9 Å². The number of aryl methyl sites for hydroxylation is 2. The largest absolute Gasteiger partial charge is 0.457 e. The predicted octanol–water partition coefficient (Wildman–Crippen LogP) is 3.50. The molecule has 0 aliphatic carbocycles. The molecule has 0 aromatic heterocycles. The zero-order chi connectivity index (χ0) is 19.4. The molecule has 0 heterocycles. The Balaban J connectivity index is 2.01. The molecule has 0 saturated heterocycles. The van der Waals surface area contributed by atoms with Gasteiger partial charge in [0.2, 0.25) is 0 Å². The van der Waals surface area contributed by atoms with Crippen LogP contribution in [0.25, 0.3) is 0 Å². The van der Waals surface area contributed by atoms with Gasteiger partial charge >= 0.3 is 7.60 Å². The van der Waals surface area contributed by atoms with Crippen molar-refractivity contribution in [1.29, 1.82) is 0 Å². The molecule has 0 bridgehead atoms. The fraction of sp³-hybridized carbons (Fsp3) is 0.294. The van der Waals surface area contributed by atoms with E-state index in [2.05, 4.69) is 0 Å². The number of hydrogen-bond acceptors (Lipinski definition) is 4. The van der Waals surface area contributed by atoms with Crippen molar-refractivity contribution in [1.82, 2.24) is 0 Å². The average Bonchev–Trinajstić information content (AvgIpc) is 2.49. The number of hydrogen-bond donors (Lipinski definition) is 3. The van der Waals surface area contributed by atoms with Crippen molar-refractivity contribution in [3.05, 3.63) is 59.7 Å². The molecule has 2 aromatic carbocycles. The number of ether oxygens (including phenoxy) is 1. The second-order valence-corrected chi connectivity index (χ2v) is 9.77. The molecular formula is C17H21O7PS. The highest BCUT2D eigenvalue weighted by Gasteiger charge is 2.38. The van der Waals surface area contributed by atoms with E-state index in [0.717, 1.165) is 11.1 Å². The molecule has 1 unspecified atom stereocenters. The van der Waals surface area contributed by atoms with Gasteiger partial charge in [-0.15, -0.1) is 0 Å². The van der Waals surface area contributed by atoms with Gasteiger partial charge in [0.1, 0.15) is 11.5 Å². The van der Waals surface area contributed by atoms with Crippen LogP contribution in [0.4, 0.5) is 0 Å². The average molecular weight is 400 g/mol. The first kappa shape index (κ1) is 20.6. The molecule has 2 rings (SSSR count). The number of rotatable bonds is 8. The smallest absolute Gasteiger partial charge is 0.346 e. The van der Waals surface area contributed by atoms with Gasteiger partial charge in [-0.25, -0.2) is 0 Å². The highest BCUT2D eigenvalue weighted by Crippen LogP contribution is 2.46. The Morgan fingerprint density at radius 1 is 1.08 bits per heavy atom. The first-order chi connectivity index (χ1) is 12.1. The zero-order valence-electron chi connectivity index (χ0n) is 14.1. The van der Waals surface area contributed by atoms with Crippen molar-refractivity contribution in [2.45, 2.75) is 31.2 Å². The van der Waals surface area contributed by atoms with Crippen LogP contribution in [0.2, 0.25) is 0 Å². The van der Waals surface area contributed by atoms with Crippen molar-refractivity contribution in [3.8, 4) is 11.5 Å². The Morgan fingerprint density at radius 3 is 2.27 bits per heavy atom. The van der Waals surface area contributed by atoms with Crippen LogP contribution in [-0.2, 0) is 21.1 Å². The van der Waals surface area contributed by atoms with Crippen molar-refractivity contribution in [2.24, 2.45) is 0 Å². The van der Waals surface area contributed by atoms with Crippen molar-refractivity contribution in [3.63, 3.8) is 0 Å². The van der Waals surface area contributed by atoms with E-state index < -0.39 is 22.7 Å². The Labute approximate surface area is 152 Å². The lowest BCUT2D eigenvalue weighted by molar-refractivity contribution is 0.360. The van der Waals surface area contributed by atoms with Crippen LogP contribution in [0, 0.1) is 6.92 Å². The summed E-state index contributed by atoms with van der Waals surface area (Å²) >= 11 is 0. The first-order valence-corrected chi connectivity index (χ1v) is 11.1. The third-order valence-corrected chi connectivity index (χ3v) is 7.31. The SMILES string of the molecule is Cc1cccc(Oc2cccc(CCCC(P(=O)(O)O)S(=O)(=O)O)c2)c1. The second kappa shape index (κ2) is 8.33. The highest BCUT2D eigenvalue weighted by molar-refractivity contribution is 7.93. The van der Waals surface area contributed by atoms with E-state index in [1.807, 2.05) is 37.3 Å². The Bertz CT molecular complexity index is 905. The third-order valence-electron chi connectivity index (χ3n) is 3.76. The third kappa shape index (κ3) is 6.23. The minimum atomic E-state index is -4.94. The molecule has 9 heteroatoms. The number of benzene rings is 2. The summed E-state index contributed by atoms with van der Waals surface area (Å²) in [5, 5.41) is 0. The maximum atomic E-state index is 11.2. The van der Waals surface area contributed by atoms with E-state index in [-0.39, 0.29) is 12.8 Å². The standard InChI is InChI=1S/C17H21O7PS/c1-13-5-2-8-15(11-13)24-16-9-3-6-14(12-16)7-4-10-17(25(18,19)20)26(21,22)23/h2-3,5-6,8-9,11-12,17H,4,7,10H2,1H3,(H2,18,19,20)(H,21,22,23). The van der Waals surface area contributed by atoms with Crippen LogP contribution in [0.5, 0.6) is 11.5 Å². The fourth-order valence-electron chi connectivity index (χ4n) is 2.55. The van der Waals surface area contributed by atoms with Gasteiger partial charge in [0.15, 0.2) is 4.99 Å². The maximum absolute atomic E-state index is 11.2. The van der Waals surface area contributed by atoms with Gasteiger partial charge < -0.3 is 14.5 Å². The van der Waals surface area contributed by atoms with Gasteiger partial charge in [0.25, 0.3) is 10.1 Å². The highest BCUT2D eigenvalue weighted by atomic mass is 32.2. The van der Waals surface area contributed by atoms with Gasteiger partial charge in [-0.1, -0.05) is 24.3 Å². The van der Waals surface area contributed by atoms with Crippen LogP contribution in [0.3, 0.4) is 0 Å².